The van der Waals surface area contributed by atoms with Gasteiger partial charge < -0.3 is 0 Å². The fraction of sp³-hybridized carbons (Fsp3) is 0.533. The van der Waals surface area contributed by atoms with E-state index in [-0.39, 0.29) is 6.04 Å². The van der Waals surface area contributed by atoms with Gasteiger partial charge in [0.15, 0.2) is 0 Å². The first-order valence-corrected chi connectivity index (χ1v) is 7.27. The van der Waals surface area contributed by atoms with Crippen molar-refractivity contribution in [1.29, 1.82) is 0 Å². The Hall–Kier alpha value is -1.79. The third-order valence-corrected chi connectivity index (χ3v) is 3.33. The minimum atomic E-state index is 0.000474. The van der Waals surface area contributed by atoms with Crippen molar-refractivity contribution in [3.63, 3.8) is 0 Å². The van der Waals surface area contributed by atoms with Gasteiger partial charge in [-0.1, -0.05) is 13.8 Å². The van der Waals surface area contributed by atoms with Gasteiger partial charge in [-0.2, -0.15) is 5.10 Å². The van der Waals surface area contributed by atoms with Gasteiger partial charge in [-0.15, -0.1) is 0 Å². The first-order chi connectivity index (χ1) is 9.99. The van der Waals surface area contributed by atoms with Crippen LogP contribution in [0, 0.1) is 19.8 Å². The van der Waals surface area contributed by atoms with E-state index in [1.54, 1.807) is 6.33 Å². The van der Waals surface area contributed by atoms with Crippen LogP contribution in [0.1, 0.15) is 42.7 Å². The second-order valence-corrected chi connectivity index (χ2v) is 5.86. The fourth-order valence-electron chi connectivity index (χ4n) is 2.47. The summed E-state index contributed by atoms with van der Waals surface area (Å²) < 4.78 is 1.95. The lowest BCUT2D eigenvalue weighted by atomic mass is 10.0. The van der Waals surface area contributed by atoms with Crippen LogP contribution in [-0.2, 0) is 13.0 Å². The lowest BCUT2D eigenvalue weighted by molar-refractivity contribution is 0.446. The number of aryl methyl sites for hydroxylation is 2. The Kier molecular flexibility index (Phi) is 5.03. The summed E-state index contributed by atoms with van der Waals surface area (Å²) in [5, 5.41) is 4.30. The molecule has 0 aliphatic rings. The first-order valence-electron chi connectivity index (χ1n) is 7.27. The molecular weight excluding hydrogens is 264 g/mol. The average molecular weight is 288 g/mol. The molecule has 0 aliphatic carbocycles. The number of nitrogens with zero attached hydrogens (tertiary/aromatic N) is 4. The third-order valence-electron chi connectivity index (χ3n) is 3.33. The van der Waals surface area contributed by atoms with Gasteiger partial charge in [-0.25, -0.2) is 9.67 Å². The highest BCUT2D eigenvalue weighted by Gasteiger charge is 2.16. The number of nitrogens with two attached hydrogens (primary N) is 1. The van der Waals surface area contributed by atoms with Crippen LogP contribution in [0.4, 0.5) is 0 Å². The van der Waals surface area contributed by atoms with Crippen LogP contribution >= 0.6 is 0 Å². The van der Waals surface area contributed by atoms with Crippen molar-refractivity contribution in [3.05, 3.63) is 41.2 Å². The summed E-state index contributed by atoms with van der Waals surface area (Å²) >= 11 is 0. The van der Waals surface area contributed by atoms with Gasteiger partial charge in [0.1, 0.15) is 12.2 Å². The molecule has 6 heteroatoms. The molecule has 1 atom stereocenters. The SMILES string of the molecule is Cc1cc(C(Cc2ncnn2CC(C)C)NN)cc(C)n1. The highest BCUT2D eigenvalue weighted by Crippen LogP contribution is 2.18. The summed E-state index contributed by atoms with van der Waals surface area (Å²) in [4.78, 5) is 8.77. The Balaban J connectivity index is 2.21. The van der Waals surface area contributed by atoms with E-state index < -0.39 is 0 Å². The Morgan fingerprint density at radius 2 is 1.90 bits per heavy atom. The smallest absolute Gasteiger partial charge is 0.138 e. The molecule has 0 spiro atoms. The van der Waals surface area contributed by atoms with Gasteiger partial charge in [-0.3, -0.25) is 16.3 Å². The maximum atomic E-state index is 5.75. The number of nitrogens with one attached hydrogen (secondary N) is 1. The average Bonchev–Trinajstić information content (AvgIpc) is 2.81. The summed E-state index contributed by atoms with van der Waals surface area (Å²) in [6, 6.07) is 4.11. The van der Waals surface area contributed by atoms with Crippen LogP contribution in [-0.4, -0.2) is 19.7 Å². The zero-order valence-corrected chi connectivity index (χ0v) is 13.2. The van der Waals surface area contributed by atoms with E-state index in [1.165, 1.54) is 0 Å². The quantitative estimate of drug-likeness (QED) is 0.624. The Morgan fingerprint density at radius 1 is 1.24 bits per heavy atom. The van der Waals surface area contributed by atoms with E-state index in [0.29, 0.717) is 12.3 Å². The van der Waals surface area contributed by atoms with Crippen LogP contribution in [0.15, 0.2) is 18.5 Å². The Bertz CT molecular complexity index is 569. The predicted octanol–water partition coefficient (Wildman–Crippen LogP) is 1.69. The van der Waals surface area contributed by atoms with Crippen molar-refractivity contribution < 1.29 is 0 Å². The Morgan fingerprint density at radius 3 is 2.48 bits per heavy atom. The van der Waals surface area contributed by atoms with Crippen LogP contribution < -0.4 is 11.3 Å². The van der Waals surface area contributed by atoms with E-state index in [9.17, 15) is 0 Å². The second kappa shape index (κ2) is 6.78. The molecule has 0 saturated heterocycles. The molecule has 0 radical (unpaired) electrons. The minimum absolute atomic E-state index is 0.000474. The van der Waals surface area contributed by atoms with Gasteiger partial charge in [0.2, 0.25) is 0 Å². The largest absolute Gasteiger partial charge is 0.271 e. The molecular formula is C15H24N6. The summed E-state index contributed by atoms with van der Waals surface area (Å²) in [6.07, 6.45) is 2.31. The molecule has 0 saturated carbocycles. The molecule has 2 aromatic heterocycles. The molecule has 0 aromatic carbocycles. The molecule has 114 valence electrons. The zero-order chi connectivity index (χ0) is 15.4. The van der Waals surface area contributed by atoms with Crippen LogP contribution in [0.2, 0.25) is 0 Å². The molecule has 3 N–H and O–H groups in total. The molecule has 2 heterocycles. The van der Waals surface area contributed by atoms with Crippen molar-refractivity contribution in [1.82, 2.24) is 25.2 Å². The molecule has 0 aliphatic heterocycles. The summed E-state index contributed by atoms with van der Waals surface area (Å²) in [6.45, 7) is 9.18. The van der Waals surface area contributed by atoms with E-state index in [1.807, 2.05) is 18.5 Å². The van der Waals surface area contributed by atoms with Crippen molar-refractivity contribution in [2.75, 3.05) is 0 Å². The standard InChI is InChI=1S/C15H24N6/c1-10(2)8-21-15(17-9-18-21)7-14(20-16)13-5-11(3)19-12(4)6-13/h5-6,9-10,14,20H,7-8,16H2,1-4H3. The van der Waals surface area contributed by atoms with Gasteiger partial charge >= 0.3 is 0 Å². The lowest BCUT2D eigenvalue weighted by Crippen LogP contribution is -2.31. The molecule has 1 unspecified atom stereocenters. The number of hydrazine groups is 1. The van der Waals surface area contributed by atoms with E-state index in [4.69, 9.17) is 5.84 Å². The fourth-order valence-corrected chi connectivity index (χ4v) is 2.47. The second-order valence-electron chi connectivity index (χ2n) is 5.86. The maximum Gasteiger partial charge on any atom is 0.138 e. The normalized spacial score (nSPS) is 12.9. The molecule has 6 nitrogen and oxygen atoms in total. The maximum absolute atomic E-state index is 5.75. The topological polar surface area (TPSA) is 81.7 Å². The zero-order valence-electron chi connectivity index (χ0n) is 13.2. The van der Waals surface area contributed by atoms with Gasteiger partial charge in [0.05, 0.1) is 6.04 Å². The number of aromatic nitrogens is 4. The van der Waals surface area contributed by atoms with Crippen LogP contribution in [0.5, 0.6) is 0 Å². The highest BCUT2D eigenvalue weighted by molar-refractivity contribution is 5.24. The van der Waals surface area contributed by atoms with Crippen molar-refractivity contribution in [3.8, 4) is 0 Å². The Labute approximate surface area is 125 Å². The third kappa shape index (κ3) is 4.09. The lowest BCUT2D eigenvalue weighted by Gasteiger charge is -2.18. The summed E-state index contributed by atoms with van der Waals surface area (Å²) in [5.41, 5.74) is 6.00. The monoisotopic (exact) mass is 288 g/mol. The van der Waals surface area contributed by atoms with Crippen LogP contribution in [0.25, 0.3) is 0 Å². The first kappa shape index (κ1) is 15.6. The van der Waals surface area contributed by atoms with Gasteiger partial charge in [-0.05, 0) is 37.5 Å². The van der Waals surface area contributed by atoms with Crippen LogP contribution in [0.3, 0.4) is 0 Å². The predicted molar refractivity (Wildman–Crippen MR) is 82.3 cm³/mol. The number of hydrogen-bond donors (Lipinski definition) is 2. The summed E-state index contributed by atoms with van der Waals surface area (Å²) in [5.74, 6) is 7.22. The van der Waals surface area contributed by atoms with Gasteiger partial charge in [0, 0.05) is 24.4 Å². The van der Waals surface area contributed by atoms with Crippen molar-refractivity contribution >= 4 is 0 Å². The number of hydrogen-bond acceptors (Lipinski definition) is 5. The molecule has 0 fully saturated rings. The van der Waals surface area contributed by atoms with Gasteiger partial charge in [0.25, 0.3) is 0 Å². The molecule has 0 bridgehead atoms. The van der Waals surface area contributed by atoms with Crippen molar-refractivity contribution in [2.24, 2.45) is 11.8 Å². The number of pyridine rings is 1. The van der Waals surface area contributed by atoms with Crippen molar-refractivity contribution in [2.45, 2.75) is 46.7 Å². The summed E-state index contributed by atoms with van der Waals surface area (Å²) in [7, 11) is 0. The van der Waals surface area contributed by atoms with E-state index in [0.717, 1.165) is 29.3 Å². The number of rotatable bonds is 6. The molecule has 2 aromatic rings. The molecule has 21 heavy (non-hydrogen) atoms. The minimum Gasteiger partial charge on any atom is -0.271 e. The van der Waals surface area contributed by atoms with E-state index in [2.05, 4.69) is 46.5 Å². The molecule has 2 rings (SSSR count). The van der Waals surface area contributed by atoms with E-state index >= 15 is 0 Å². The molecule has 0 amide bonds. The highest BCUT2D eigenvalue weighted by atomic mass is 15.3.